The Kier molecular flexibility index (Phi) is 3.82. The summed E-state index contributed by atoms with van der Waals surface area (Å²) in [6.45, 7) is 1.97. The third kappa shape index (κ3) is 3.04. The van der Waals surface area contributed by atoms with Crippen molar-refractivity contribution in [2.45, 2.75) is 6.92 Å². The van der Waals surface area contributed by atoms with Gasteiger partial charge >= 0.3 is 0 Å². The number of anilines is 2. The smallest absolute Gasteiger partial charge is 0.123 e. The van der Waals surface area contributed by atoms with Crippen molar-refractivity contribution in [2.75, 3.05) is 12.4 Å². The monoisotopic (exact) mass is 330 g/mol. The number of pyridine rings is 1. The van der Waals surface area contributed by atoms with E-state index in [1.54, 1.807) is 13.4 Å². The lowest BCUT2D eigenvalue weighted by Gasteiger charge is -2.13. The van der Waals surface area contributed by atoms with E-state index in [4.69, 9.17) is 4.74 Å². The number of fused-ring (bicyclic) bond motifs is 1. The zero-order chi connectivity index (χ0) is 17.2. The number of para-hydroxylation sites is 1. The van der Waals surface area contributed by atoms with Crippen molar-refractivity contribution in [2.24, 2.45) is 0 Å². The number of ether oxygens (including phenoxy) is 1. The number of methoxy groups -OCH3 is 1. The van der Waals surface area contributed by atoms with Crippen LogP contribution in [0.3, 0.4) is 0 Å². The summed E-state index contributed by atoms with van der Waals surface area (Å²) in [6.07, 6.45) is 5.60. The molecule has 0 aliphatic carbocycles. The molecular weight excluding hydrogens is 312 g/mol. The second-order valence-electron chi connectivity index (χ2n) is 5.84. The minimum absolute atomic E-state index is 0.782. The van der Waals surface area contributed by atoms with Crippen LogP contribution in [0.25, 0.3) is 16.6 Å². The third-order valence-electron chi connectivity index (χ3n) is 4.06. The molecule has 4 rings (SSSR count). The molecule has 5 heteroatoms. The molecule has 0 saturated carbocycles. The van der Waals surface area contributed by atoms with Crippen molar-refractivity contribution in [3.8, 4) is 11.4 Å². The highest BCUT2D eigenvalue weighted by Crippen LogP contribution is 2.29. The van der Waals surface area contributed by atoms with Gasteiger partial charge < -0.3 is 14.6 Å². The van der Waals surface area contributed by atoms with Crippen LogP contribution in [-0.4, -0.2) is 21.6 Å². The number of rotatable bonds is 4. The number of aromatic nitrogens is 3. The van der Waals surface area contributed by atoms with Crippen molar-refractivity contribution < 1.29 is 4.74 Å². The summed E-state index contributed by atoms with van der Waals surface area (Å²) < 4.78 is 7.44. The lowest BCUT2D eigenvalue weighted by Crippen LogP contribution is -1.97. The zero-order valence-electron chi connectivity index (χ0n) is 14.1. The number of nitrogens with zero attached hydrogens (tertiary/aromatic N) is 3. The van der Waals surface area contributed by atoms with Gasteiger partial charge in [-0.2, -0.15) is 0 Å². The maximum Gasteiger partial charge on any atom is 0.123 e. The van der Waals surface area contributed by atoms with Gasteiger partial charge in [0.25, 0.3) is 0 Å². The SMILES string of the molecule is COc1cc(Nc2ccnc3ccccc23)cc(-n2cnc(C)c2)c1. The predicted molar refractivity (Wildman–Crippen MR) is 99.9 cm³/mol. The Balaban J connectivity index is 1.77. The van der Waals surface area contributed by atoms with Crippen LogP contribution in [0.4, 0.5) is 11.4 Å². The number of aryl methyl sites for hydroxylation is 1. The van der Waals surface area contributed by atoms with Crippen LogP contribution in [0.15, 0.2) is 67.3 Å². The molecule has 25 heavy (non-hydrogen) atoms. The molecule has 2 aromatic heterocycles. The van der Waals surface area contributed by atoms with Crippen LogP contribution < -0.4 is 10.1 Å². The standard InChI is InChI=1S/C20H18N4O/c1-14-12-24(13-22-14)16-9-15(10-17(11-16)25-2)23-20-7-8-21-19-6-4-3-5-18(19)20/h3-13H,1-2H3,(H,21,23). The molecular formula is C20H18N4O. The van der Waals surface area contributed by atoms with E-state index in [1.165, 1.54) is 0 Å². The first-order chi connectivity index (χ1) is 12.2. The van der Waals surface area contributed by atoms with E-state index in [-0.39, 0.29) is 0 Å². The molecule has 0 spiro atoms. The molecule has 124 valence electrons. The minimum Gasteiger partial charge on any atom is -0.497 e. The Morgan fingerprint density at radius 3 is 2.72 bits per heavy atom. The fourth-order valence-electron chi connectivity index (χ4n) is 2.85. The second-order valence-corrected chi connectivity index (χ2v) is 5.84. The summed E-state index contributed by atoms with van der Waals surface area (Å²) in [6, 6.07) is 16.1. The van der Waals surface area contributed by atoms with Gasteiger partial charge in [0, 0.05) is 41.3 Å². The fourth-order valence-corrected chi connectivity index (χ4v) is 2.85. The quantitative estimate of drug-likeness (QED) is 0.599. The van der Waals surface area contributed by atoms with Crippen molar-refractivity contribution in [1.82, 2.24) is 14.5 Å². The van der Waals surface area contributed by atoms with E-state index in [2.05, 4.69) is 27.4 Å². The van der Waals surface area contributed by atoms with E-state index in [9.17, 15) is 0 Å². The molecule has 0 unspecified atom stereocenters. The Hall–Kier alpha value is -3.34. The first-order valence-electron chi connectivity index (χ1n) is 8.04. The van der Waals surface area contributed by atoms with Gasteiger partial charge in [0.1, 0.15) is 5.75 Å². The molecule has 0 radical (unpaired) electrons. The number of hydrogen-bond donors (Lipinski definition) is 1. The number of benzene rings is 2. The van der Waals surface area contributed by atoms with E-state index in [0.29, 0.717) is 0 Å². The van der Waals surface area contributed by atoms with Crippen molar-refractivity contribution in [3.05, 3.63) is 72.9 Å². The number of hydrogen-bond acceptors (Lipinski definition) is 4. The maximum absolute atomic E-state index is 5.46. The highest BCUT2D eigenvalue weighted by Gasteiger charge is 2.07. The molecule has 4 aromatic rings. The normalized spacial score (nSPS) is 10.8. The lowest BCUT2D eigenvalue weighted by molar-refractivity contribution is 0.415. The molecule has 0 saturated heterocycles. The van der Waals surface area contributed by atoms with E-state index < -0.39 is 0 Å². The Morgan fingerprint density at radius 2 is 1.92 bits per heavy atom. The van der Waals surface area contributed by atoms with Gasteiger partial charge in [0.05, 0.1) is 30.3 Å². The molecule has 0 atom stereocenters. The van der Waals surface area contributed by atoms with Crippen LogP contribution in [0, 0.1) is 6.92 Å². The zero-order valence-corrected chi connectivity index (χ0v) is 14.1. The summed E-state index contributed by atoms with van der Waals surface area (Å²) in [4.78, 5) is 8.70. The van der Waals surface area contributed by atoms with Gasteiger partial charge in [0.15, 0.2) is 0 Å². The minimum atomic E-state index is 0.782. The molecule has 0 aliphatic rings. The van der Waals surface area contributed by atoms with Crippen molar-refractivity contribution in [1.29, 1.82) is 0 Å². The van der Waals surface area contributed by atoms with Crippen LogP contribution >= 0.6 is 0 Å². The molecule has 2 heterocycles. The summed E-state index contributed by atoms with van der Waals surface area (Å²) in [7, 11) is 1.67. The summed E-state index contributed by atoms with van der Waals surface area (Å²) in [5.74, 6) is 0.782. The average molecular weight is 330 g/mol. The molecule has 2 aromatic carbocycles. The van der Waals surface area contributed by atoms with Gasteiger partial charge in [-0.05, 0) is 25.1 Å². The van der Waals surface area contributed by atoms with Crippen LogP contribution in [0.1, 0.15) is 5.69 Å². The van der Waals surface area contributed by atoms with Gasteiger partial charge in [-0.25, -0.2) is 4.98 Å². The maximum atomic E-state index is 5.46. The molecule has 0 aliphatic heterocycles. The average Bonchev–Trinajstić information content (AvgIpc) is 3.08. The molecule has 5 nitrogen and oxygen atoms in total. The van der Waals surface area contributed by atoms with Gasteiger partial charge in [-0.3, -0.25) is 4.98 Å². The molecule has 0 fully saturated rings. The Morgan fingerprint density at radius 1 is 1.04 bits per heavy atom. The van der Waals surface area contributed by atoms with Gasteiger partial charge in [-0.1, -0.05) is 18.2 Å². The lowest BCUT2D eigenvalue weighted by atomic mass is 10.1. The predicted octanol–water partition coefficient (Wildman–Crippen LogP) is 4.48. The molecule has 1 N–H and O–H groups in total. The van der Waals surface area contributed by atoms with Crippen molar-refractivity contribution in [3.63, 3.8) is 0 Å². The molecule has 0 amide bonds. The van der Waals surface area contributed by atoms with Gasteiger partial charge in [-0.15, -0.1) is 0 Å². The first-order valence-corrected chi connectivity index (χ1v) is 8.04. The second kappa shape index (κ2) is 6.28. The summed E-state index contributed by atoms with van der Waals surface area (Å²) >= 11 is 0. The molecule has 0 bridgehead atoms. The fraction of sp³-hybridized carbons (Fsp3) is 0.100. The largest absolute Gasteiger partial charge is 0.497 e. The number of nitrogens with one attached hydrogen (secondary N) is 1. The Labute approximate surface area is 145 Å². The summed E-state index contributed by atoms with van der Waals surface area (Å²) in [5, 5.41) is 4.56. The van der Waals surface area contributed by atoms with Gasteiger partial charge in [0.2, 0.25) is 0 Å². The van der Waals surface area contributed by atoms with Crippen LogP contribution in [0.2, 0.25) is 0 Å². The first kappa shape index (κ1) is 15.2. The Bertz CT molecular complexity index is 1030. The van der Waals surface area contributed by atoms with Crippen LogP contribution in [-0.2, 0) is 0 Å². The van der Waals surface area contributed by atoms with Crippen LogP contribution in [0.5, 0.6) is 5.75 Å². The third-order valence-corrected chi connectivity index (χ3v) is 4.06. The van der Waals surface area contributed by atoms with Crippen molar-refractivity contribution >= 4 is 22.3 Å². The number of imidazole rings is 1. The highest BCUT2D eigenvalue weighted by atomic mass is 16.5. The topological polar surface area (TPSA) is 52.0 Å². The van der Waals surface area contributed by atoms with E-state index in [1.807, 2.05) is 60.3 Å². The summed E-state index contributed by atoms with van der Waals surface area (Å²) in [5.41, 5.74) is 4.86. The van der Waals surface area contributed by atoms with E-state index >= 15 is 0 Å². The highest BCUT2D eigenvalue weighted by molar-refractivity contribution is 5.92. The van der Waals surface area contributed by atoms with E-state index in [0.717, 1.165) is 39.4 Å².